The molecule has 0 saturated heterocycles. The van der Waals surface area contributed by atoms with Crippen molar-refractivity contribution in [3.8, 4) is 11.5 Å². The number of carbonyl (C=O) groups is 1. The van der Waals surface area contributed by atoms with Gasteiger partial charge in [0.2, 0.25) is 0 Å². The van der Waals surface area contributed by atoms with Gasteiger partial charge in [0.1, 0.15) is 5.82 Å². The van der Waals surface area contributed by atoms with Gasteiger partial charge in [0.25, 0.3) is 5.56 Å². The Balaban J connectivity index is 2.09. The van der Waals surface area contributed by atoms with Crippen molar-refractivity contribution in [3.63, 3.8) is 0 Å². The van der Waals surface area contributed by atoms with Crippen molar-refractivity contribution < 1.29 is 19.0 Å². The van der Waals surface area contributed by atoms with E-state index in [4.69, 9.17) is 19.2 Å². The fourth-order valence-electron chi connectivity index (χ4n) is 3.33. The van der Waals surface area contributed by atoms with Crippen LogP contribution in [0.3, 0.4) is 0 Å². The van der Waals surface area contributed by atoms with E-state index in [1.165, 1.54) is 11.8 Å². The number of hydrogen-bond acceptors (Lipinski definition) is 7. The number of carbonyl (C=O) groups excluding carboxylic acids is 1. The summed E-state index contributed by atoms with van der Waals surface area (Å²) >= 11 is 6.91. The number of nitrogens with zero attached hydrogens (tertiary/aromatic N) is 3. The standard InChI is InChI=1S/C25H27Br2N3O5/c1-6-14(3)23-29-20-9-8-17(26)12-18(20)24(31)30(23)28-13-16-10-19(27)22(21(11-16)34-7-2)35-15(4)25(32)33-5/h8-15H,6-7H2,1-5H3/t14-,15+/m1/s1. The number of benzene rings is 2. The fourth-order valence-corrected chi connectivity index (χ4v) is 4.25. The topological polar surface area (TPSA) is 92.0 Å². The second-order valence-electron chi connectivity index (χ2n) is 7.85. The summed E-state index contributed by atoms with van der Waals surface area (Å²) < 4.78 is 19.0. The Morgan fingerprint density at radius 2 is 1.94 bits per heavy atom. The Hall–Kier alpha value is -2.72. The van der Waals surface area contributed by atoms with Gasteiger partial charge in [-0.05, 0) is 72.1 Å². The number of rotatable bonds is 9. The van der Waals surface area contributed by atoms with E-state index in [0.717, 1.165) is 10.9 Å². The van der Waals surface area contributed by atoms with Gasteiger partial charge in [-0.3, -0.25) is 4.79 Å². The largest absolute Gasteiger partial charge is 0.490 e. The molecule has 0 radical (unpaired) electrons. The lowest BCUT2D eigenvalue weighted by Gasteiger charge is -2.18. The van der Waals surface area contributed by atoms with Gasteiger partial charge in [0.05, 0.1) is 35.3 Å². The minimum Gasteiger partial charge on any atom is -0.490 e. The van der Waals surface area contributed by atoms with Gasteiger partial charge in [0.15, 0.2) is 17.6 Å². The van der Waals surface area contributed by atoms with Gasteiger partial charge < -0.3 is 14.2 Å². The van der Waals surface area contributed by atoms with E-state index in [0.29, 0.717) is 44.9 Å². The van der Waals surface area contributed by atoms with E-state index < -0.39 is 12.1 Å². The third-order valence-electron chi connectivity index (χ3n) is 5.37. The van der Waals surface area contributed by atoms with Crippen LogP contribution in [-0.4, -0.2) is 41.7 Å². The lowest BCUT2D eigenvalue weighted by Crippen LogP contribution is -2.25. The molecule has 1 heterocycles. The van der Waals surface area contributed by atoms with Crippen LogP contribution in [0.2, 0.25) is 0 Å². The SMILES string of the molecule is CCOc1cc(C=Nn2c([C@H](C)CC)nc3ccc(Br)cc3c2=O)cc(Br)c1O[C@@H](C)C(=O)OC. The molecule has 1 aromatic heterocycles. The van der Waals surface area contributed by atoms with Crippen molar-refractivity contribution in [1.29, 1.82) is 0 Å². The van der Waals surface area contributed by atoms with Crippen molar-refractivity contribution in [2.24, 2.45) is 5.10 Å². The van der Waals surface area contributed by atoms with Crippen molar-refractivity contribution in [2.75, 3.05) is 13.7 Å². The minimum absolute atomic E-state index is 0.0224. The van der Waals surface area contributed by atoms with E-state index >= 15 is 0 Å². The summed E-state index contributed by atoms with van der Waals surface area (Å²) in [6.45, 7) is 7.88. The zero-order valence-corrected chi connectivity index (χ0v) is 23.3. The number of ether oxygens (including phenoxy) is 3. The first-order chi connectivity index (χ1) is 16.7. The maximum Gasteiger partial charge on any atom is 0.346 e. The molecule has 8 nitrogen and oxygen atoms in total. The number of fused-ring (bicyclic) bond motifs is 1. The molecule has 2 aromatic carbocycles. The summed E-state index contributed by atoms with van der Waals surface area (Å²) in [5.74, 6) is 0.900. The summed E-state index contributed by atoms with van der Waals surface area (Å²) in [7, 11) is 1.30. The molecule has 2 atom stereocenters. The number of esters is 1. The van der Waals surface area contributed by atoms with Crippen LogP contribution >= 0.6 is 31.9 Å². The zero-order chi connectivity index (χ0) is 25.7. The average molecular weight is 609 g/mol. The Labute approximate surface area is 220 Å². The number of halogens is 2. The molecule has 0 aliphatic carbocycles. The highest BCUT2D eigenvalue weighted by atomic mass is 79.9. The van der Waals surface area contributed by atoms with Crippen LogP contribution in [0, 0.1) is 0 Å². The summed E-state index contributed by atoms with van der Waals surface area (Å²) in [6.07, 6.45) is 1.54. The number of methoxy groups -OCH3 is 1. The van der Waals surface area contributed by atoms with Crippen LogP contribution in [0.25, 0.3) is 10.9 Å². The zero-order valence-electron chi connectivity index (χ0n) is 20.2. The van der Waals surface area contributed by atoms with Gasteiger partial charge in [-0.25, -0.2) is 9.78 Å². The van der Waals surface area contributed by atoms with E-state index in [-0.39, 0.29) is 11.5 Å². The van der Waals surface area contributed by atoms with Gasteiger partial charge in [-0.1, -0.05) is 29.8 Å². The lowest BCUT2D eigenvalue weighted by atomic mass is 10.1. The molecule has 3 aromatic rings. The highest BCUT2D eigenvalue weighted by Gasteiger charge is 2.21. The molecule has 10 heteroatoms. The van der Waals surface area contributed by atoms with Crippen molar-refractivity contribution in [3.05, 3.63) is 61.0 Å². The quantitative estimate of drug-likeness (QED) is 0.230. The number of aromatic nitrogens is 2. The summed E-state index contributed by atoms with van der Waals surface area (Å²) in [5, 5.41) is 4.98. The predicted molar refractivity (Wildman–Crippen MR) is 143 cm³/mol. The highest BCUT2D eigenvalue weighted by molar-refractivity contribution is 9.10. The van der Waals surface area contributed by atoms with Crippen LogP contribution < -0.4 is 15.0 Å². The van der Waals surface area contributed by atoms with Gasteiger partial charge in [0, 0.05) is 10.4 Å². The Bertz CT molecular complexity index is 1320. The Kier molecular flexibility index (Phi) is 9.07. The highest BCUT2D eigenvalue weighted by Crippen LogP contribution is 2.37. The molecule has 0 aliphatic heterocycles. The van der Waals surface area contributed by atoms with Crippen molar-refractivity contribution in [2.45, 2.75) is 46.1 Å². The molecular formula is C25H27Br2N3O5. The van der Waals surface area contributed by atoms with Crippen molar-refractivity contribution >= 4 is 54.9 Å². The first-order valence-electron chi connectivity index (χ1n) is 11.2. The molecule has 0 spiro atoms. The summed E-state index contributed by atoms with van der Waals surface area (Å²) in [5.41, 5.74) is 1.04. The molecule has 0 fully saturated rings. The molecule has 186 valence electrons. The second kappa shape index (κ2) is 11.8. The molecule has 0 bridgehead atoms. The van der Waals surface area contributed by atoms with Crippen LogP contribution in [0.5, 0.6) is 11.5 Å². The van der Waals surface area contributed by atoms with Gasteiger partial charge >= 0.3 is 5.97 Å². The second-order valence-corrected chi connectivity index (χ2v) is 9.62. The van der Waals surface area contributed by atoms with Crippen molar-refractivity contribution in [1.82, 2.24) is 9.66 Å². The van der Waals surface area contributed by atoms with Gasteiger partial charge in [-0.15, -0.1) is 0 Å². The first kappa shape index (κ1) is 26.9. The molecule has 3 rings (SSSR count). The molecule has 0 unspecified atom stereocenters. The third-order valence-corrected chi connectivity index (χ3v) is 6.45. The van der Waals surface area contributed by atoms with Crippen LogP contribution in [-0.2, 0) is 9.53 Å². The Morgan fingerprint density at radius 3 is 2.60 bits per heavy atom. The van der Waals surface area contributed by atoms with E-state index in [1.807, 2.05) is 32.9 Å². The van der Waals surface area contributed by atoms with Crippen LogP contribution in [0.4, 0.5) is 0 Å². The molecule has 0 saturated carbocycles. The Morgan fingerprint density at radius 1 is 1.20 bits per heavy atom. The average Bonchev–Trinajstić information content (AvgIpc) is 2.84. The maximum absolute atomic E-state index is 13.3. The normalized spacial score (nSPS) is 13.1. The van der Waals surface area contributed by atoms with Crippen LogP contribution in [0.15, 0.2) is 49.2 Å². The predicted octanol–water partition coefficient (Wildman–Crippen LogP) is 5.66. The van der Waals surface area contributed by atoms with E-state index in [9.17, 15) is 9.59 Å². The van der Waals surface area contributed by atoms with Crippen LogP contribution in [0.1, 0.15) is 51.4 Å². The maximum atomic E-state index is 13.3. The smallest absolute Gasteiger partial charge is 0.346 e. The minimum atomic E-state index is -0.824. The fraction of sp³-hybridized carbons (Fsp3) is 0.360. The van der Waals surface area contributed by atoms with E-state index in [1.54, 1.807) is 31.3 Å². The molecule has 0 N–H and O–H groups in total. The number of hydrogen-bond donors (Lipinski definition) is 0. The third kappa shape index (κ3) is 6.10. The molecule has 35 heavy (non-hydrogen) atoms. The molecular weight excluding hydrogens is 582 g/mol. The summed E-state index contributed by atoms with van der Waals surface area (Å²) in [4.78, 5) is 29.9. The van der Waals surface area contributed by atoms with Gasteiger partial charge in [-0.2, -0.15) is 9.78 Å². The first-order valence-corrected chi connectivity index (χ1v) is 12.8. The lowest BCUT2D eigenvalue weighted by molar-refractivity contribution is -0.147. The monoisotopic (exact) mass is 607 g/mol. The molecule has 0 amide bonds. The summed E-state index contributed by atoms with van der Waals surface area (Å²) in [6, 6.07) is 8.93. The van der Waals surface area contributed by atoms with E-state index in [2.05, 4.69) is 37.0 Å². The molecule has 0 aliphatic rings.